The van der Waals surface area contributed by atoms with Gasteiger partial charge in [-0.25, -0.2) is 0 Å². The highest BCUT2D eigenvalue weighted by molar-refractivity contribution is 5.95. The number of carbonyl (C=O) groups excluding carboxylic acids is 1. The Kier molecular flexibility index (Phi) is 4.20. The van der Waals surface area contributed by atoms with Crippen molar-refractivity contribution >= 4 is 5.91 Å². The molecule has 0 aromatic carbocycles. The molecule has 0 saturated carbocycles. The molecule has 104 valence electrons. The molecule has 19 heavy (non-hydrogen) atoms. The van der Waals surface area contributed by atoms with Crippen molar-refractivity contribution in [3.8, 4) is 0 Å². The van der Waals surface area contributed by atoms with Gasteiger partial charge in [0.05, 0.1) is 11.3 Å². The average molecular weight is 261 g/mol. The van der Waals surface area contributed by atoms with E-state index in [-0.39, 0.29) is 11.9 Å². The van der Waals surface area contributed by atoms with Gasteiger partial charge in [0, 0.05) is 24.8 Å². The molecule has 1 saturated heterocycles. The summed E-state index contributed by atoms with van der Waals surface area (Å²) >= 11 is 0. The van der Waals surface area contributed by atoms with Crippen molar-refractivity contribution in [3.05, 3.63) is 29.1 Å². The zero-order chi connectivity index (χ0) is 14.0. The molecule has 0 bridgehead atoms. The minimum atomic E-state index is 0.0929. The molecule has 2 unspecified atom stereocenters. The summed E-state index contributed by atoms with van der Waals surface area (Å²) in [5.41, 5.74) is 8.57. The number of carbonyl (C=O) groups is 1. The van der Waals surface area contributed by atoms with E-state index in [0.29, 0.717) is 5.92 Å². The maximum atomic E-state index is 12.5. The van der Waals surface area contributed by atoms with Crippen molar-refractivity contribution in [2.75, 3.05) is 13.1 Å². The lowest BCUT2D eigenvalue weighted by atomic mass is 9.90. The van der Waals surface area contributed by atoms with Gasteiger partial charge in [-0.1, -0.05) is 13.3 Å². The number of nitrogens with two attached hydrogens (primary N) is 1. The summed E-state index contributed by atoms with van der Waals surface area (Å²) in [4.78, 5) is 18.8. The summed E-state index contributed by atoms with van der Waals surface area (Å²) in [7, 11) is 0. The molecule has 0 radical (unpaired) electrons. The molecule has 1 amide bonds. The Labute approximate surface area is 115 Å². The molecule has 1 aliphatic rings. The summed E-state index contributed by atoms with van der Waals surface area (Å²) in [5.74, 6) is 0.506. The highest BCUT2D eigenvalue weighted by Crippen LogP contribution is 2.21. The number of hydrogen-bond acceptors (Lipinski definition) is 3. The van der Waals surface area contributed by atoms with E-state index < -0.39 is 0 Å². The first-order valence-corrected chi connectivity index (χ1v) is 7.02. The van der Waals surface area contributed by atoms with E-state index in [1.807, 2.05) is 30.9 Å². The predicted octanol–water partition coefficient (Wildman–Crippen LogP) is 1.90. The predicted molar refractivity (Wildman–Crippen MR) is 76.0 cm³/mol. The molecule has 2 heterocycles. The molecule has 1 aromatic rings. The van der Waals surface area contributed by atoms with Gasteiger partial charge in [-0.05, 0) is 38.3 Å². The van der Waals surface area contributed by atoms with Crippen LogP contribution >= 0.6 is 0 Å². The number of nitrogens with zero attached hydrogens (tertiary/aromatic N) is 2. The van der Waals surface area contributed by atoms with Crippen molar-refractivity contribution in [2.24, 2.45) is 11.7 Å². The third-order valence-electron chi connectivity index (χ3n) is 4.06. The standard InChI is InChI=1S/C15H23N3O/c1-4-12-9-18(8-7-14(12)16)15(19)13-6-5-10(2)17-11(13)3/h5-6,12,14H,4,7-9,16H2,1-3H3. The van der Waals surface area contributed by atoms with Crippen molar-refractivity contribution in [2.45, 2.75) is 39.7 Å². The number of rotatable bonds is 2. The third-order valence-corrected chi connectivity index (χ3v) is 4.06. The Bertz CT molecular complexity index is 472. The van der Waals surface area contributed by atoms with Gasteiger partial charge in [0.15, 0.2) is 0 Å². The van der Waals surface area contributed by atoms with Crippen LogP contribution < -0.4 is 5.73 Å². The van der Waals surface area contributed by atoms with Crippen molar-refractivity contribution < 1.29 is 4.79 Å². The molecular weight excluding hydrogens is 238 g/mol. The maximum Gasteiger partial charge on any atom is 0.255 e. The Hall–Kier alpha value is -1.42. The molecule has 1 fully saturated rings. The lowest BCUT2D eigenvalue weighted by Crippen LogP contribution is -2.49. The molecular formula is C15H23N3O. The number of aryl methyl sites for hydroxylation is 2. The molecule has 2 N–H and O–H groups in total. The van der Waals surface area contributed by atoms with Crippen LogP contribution in [-0.4, -0.2) is 34.9 Å². The molecule has 0 aliphatic carbocycles. The minimum Gasteiger partial charge on any atom is -0.338 e. The van der Waals surface area contributed by atoms with Crippen LogP contribution in [0.25, 0.3) is 0 Å². The third kappa shape index (κ3) is 2.95. The molecule has 4 heteroatoms. The Morgan fingerprint density at radius 2 is 2.21 bits per heavy atom. The number of amides is 1. The fraction of sp³-hybridized carbons (Fsp3) is 0.600. The lowest BCUT2D eigenvalue weighted by Gasteiger charge is -2.36. The van der Waals surface area contributed by atoms with Crippen LogP contribution in [0.15, 0.2) is 12.1 Å². The van der Waals surface area contributed by atoms with E-state index in [1.54, 1.807) is 0 Å². The number of likely N-dealkylation sites (tertiary alicyclic amines) is 1. The molecule has 1 aromatic heterocycles. The van der Waals surface area contributed by atoms with Crippen molar-refractivity contribution in [1.82, 2.24) is 9.88 Å². The fourth-order valence-corrected chi connectivity index (χ4v) is 2.75. The van der Waals surface area contributed by atoms with E-state index in [2.05, 4.69) is 11.9 Å². The summed E-state index contributed by atoms with van der Waals surface area (Å²) in [6, 6.07) is 4.01. The topological polar surface area (TPSA) is 59.2 Å². The summed E-state index contributed by atoms with van der Waals surface area (Å²) in [5, 5.41) is 0. The van der Waals surface area contributed by atoms with Gasteiger partial charge in [0.1, 0.15) is 0 Å². The van der Waals surface area contributed by atoms with Crippen molar-refractivity contribution in [1.29, 1.82) is 0 Å². The van der Waals surface area contributed by atoms with Gasteiger partial charge in [-0.15, -0.1) is 0 Å². The first-order chi connectivity index (χ1) is 9.02. The van der Waals surface area contributed by atoms with Crippen LogP contribution in [0.2, 0.25) is 0 Å². The van der Waals surface area contributed by atoms with Crippen LogP contribution in [0, 0.1) is 19.8 Å². The van der Waals surface area contributed by atoms with E-state index in [9.17, 15) is 4.79 Å². The summed E-state index contributed by atoms with van der Waals surface area (Å²) < 4.78 is 0. The number of piperidine rings is 1. The Morgan fingerprint density at radius 3 is 2.84 bits per heavy atom. The monoisotopic (exact) mass is 261 g/mol. The minimum absolute atomic E-state index is 0.0929. The number of pyridine rings is 1. The largest absolute Gasteiger partial charge is 0.338 e. The molecule has 1 aliphatic heterocycles. The highest BCUT2D eigenvalue weighted by atomic mass is 16.2. The fourth-order valence-electron chi connectivity index (χ4n) is 2.75. The SMILES string of the molecule is CCC1CN(C(=O)c2ccc(C)nc2C)CCC1N. The Morgan fingerprint density at radius 1 is 1.47 bits per heavy atom. The van der Waals surface area contributed by atoms with Crippen LogP contribution in [0.3, 0.4) is 0 Å². The van der Waals surface area contributed by atoms with Crippen LogP contribution in [-0.2, 0) is 0 Å². The van der Waals surface area contributed by atoms with E-state index in [1.165, 1.54) is 0 Å². The second kappa shape index (κ2) is 5.70. The summed E-state index contributed by atoms with van der Waals surface area (Å²) in [6.45, 7) is 7.49. The molecule has 2 atom stereocenters. The van der Waals surface area contributed by atoms with E-state index >= 15 is 0 Å². The van der Waals surface area contributed by atoms with Gasteiger partial charge in [-0.3, -0.25) is 9.78 Å². The first-order valence-electron chi connectivity index (χ1n) is 7.02. The zero-order valence-electron chi connectivity index (χ0n) is 12.0. The lowest BCUT2D eigenvalue weighted by molar-refractivity contribution is 0.0648. The normalized spacial score (nSPS) is 23.5. The van der Waals surface area contributed by atoms with Crippen LogP contribution in [0.4, 0.5) is 0 Å². The molecule has 4 nitrogen and oxygen atoms in total. The van der Waals surface area contributed by atoms with Gasteiger partial charge < -0.3 is 10.6 Å². The van der Waals surface area contributed by atoms with Crippen molar-refractivity contribution in [3.63, 3.8) is 0 Å². The second-order valence-corrected chi connectivity index (χ2v) is 5.46. The smallest absolute Gasteiger partial charge is 0.255 e. The van der Waals surface area contributed by atoms with E-state index in [4.69, 9.17) is 5.73 Å². The van der Waals surface area contributed by atoms with E-state index in [0.717, 1.165) is 42.9 Å². The highest BCUT2D eigenvalue weighted by Gasteiger charge is 2.29. The zero-order valence-corrected chi connectivity index (χ0v) is 12.0. The number of hydrogen-bond donors (Lipinski definition) is 1. The average Bonchev–Trinajstić information content (AvgIpc) is 2.38. The Balaban J connectivity index is 2.15. The molecule has 0 spiro atoms. The van der Waals surface area contributed by atoms with Gasteiger partial charge >= 0.3 is 0 Å². The maximum absolute atomic E-state index is 12.5. The second-order valence-electron chi connectivity index (χ2n) is 5.46. The van der Waals surface area contributed by atoms with Gasteiger partial charge in [-0.2, -0.15) is 0 Å². The summed E-state index contributed by atoms with van der Waals surface area (Å²) in [6.07, 6.45) is 1.92. The quantitative estimate of drug-likeness (QED) is 0.884. The van der Waals surface area contributed by atoms with Crippen LogP contribution in [0.5, 0.6) is 0 Å². The number of aromatic nitrogens is 1. The molecule has 2 rings (SSSR count). The van der Waals surface area contributed by atoms with Gasteiger partial charge in [0.25, 0.3) is 5.91 Å². The first kappa shape index (κ1) is 14.0. The van der Waals surface area contributed by atoms with Gasteiger partial charge in [0.2, 0.25) is 0 Å². The van der Waals surface area contributed by atoms with Crippen LogP contribution in [0.1, 0.15) is 41.5 Å².